The molecule has 1 unspecified atom stereocenters. The van der Waals surface area contributed by atoms with Crippen LogP contribution in [0.1, 0.15) is 45.5 Å². The maximum absolute atomic E-state index is 13.1. The average Bonchev–Trinajstić information content (AvgIpc) is 2.98. The molecule has 8 heteroatoms. The Morgan fingerprint density at radius 2 is 1.95 bits per heavy atom. The third-order valence-electron chi connectivity index (χ3n) is 3.37. The van der Waals surface area contributed by atoms with Gasteiger partial charge in [0.2, 0.25) is 0 Å². The second-order valence-corrected chi connectivity index (χ2v) is 5.50. The highest BCUT2D eigenvalue weighted by molar-refractivity contribution is 5.09. The zero-order valence-corrected chi connectivity index (χ0v) is 11.2. The molecule has 19 heavy (non-hydrogen) atoms. The third kappa shape index (κ3) is 2.58. The predicted octanol–water partition coefficient (Wildman–Crippen LogP) is 2.03. The number of nitrogens with one attached hydrogen (secondary N) is 1. The molecule has 1 aromatic heterocycles. The van der Waals surface area contributed by atoms with Crippen molar-refractivity contribution in [3.05, 3.63) is 5.82 Å². The highest BCUT2D eigenvalue weighted by Gasteiger charge is 2.67. The largest absolute Gasteiger partial charge is 0.413 e. The molecule has 1 N–H and O–H groups in total. The van der Waals surface area contributed by atoms with Crippen molar-refractivity contribution in [3.8, 4) is 0 Å². The minimum absolute atomic E-state index is 0.0471. The predicted molar refractivity (Wildman–Crippen MR) is 62.3 cm³/mol. The Morgan fingerprint density at radius 1 is 1.32 bits per heavy atom. The number of halogens is 3. The molecule has 1 aromatic rings. The summed E-state index contributed by atoms with van der Waals surface area (Å²) in [6, 6.07) is -0.308. The van der Waals surface area contributed by atoms with Crippen LogP contribution >= 0.6 is 0 Å². The lowest BCUT2D eigenvalue weighted by Gasteiger charge is -2.22. The molecule has 5 nitrogen and oxygen atoms in total. The van der Waals surface area contributed by atoms with Gasteiger partial charge in [-0.1, -0.05) is 13.8 Å². The van der Waals surface area contributed by atoms with Gasteiger partial charge in [0.15, 0.2) is 11.4 Å². The topological polar surface area (TPSA) is 55.6 Å². The Labute approximate surface area is 109 Å². The van der Waals surface area contributed by atoms with E-state index in [1.54, 1.807) is 6.92 Å². The molecule has 1 atom stereocenters. The lowest BCUT2D eigenvalue weighted by atomic mass is 10.2. The summed E-state index contributed by atoms with van der Waals surface area (Å²) in [5.41, 5.74) is -1.89. The van der Waals surface area contributed by atoms with Gasteiger partial charge >= 0.3 is 6.18 Å². The molecule has 1 aliphatic carbocycles. The van der Waals surface area contributed by atoms with Gasteiger partial charge in [0, 0.05) is 0 Å². The molecule has 0 aliphatic heterocycles. The highest BCUT2D eigenvalue weighted by Crippen LogP contribution is 2.55. The van der Waals surface area contributed by atoms with Crippen molar-refractivity contribution < 1.29 is 13.2 Å². The first kappa shape index (κ1) is 14.2. The lowest BCUT2D eigenvalue weighted by Crippen LogP contribution is -2.38. The van der Waals surface area contributed by atoms with Crippen molar-refractivity contribution >= 4 is 0 Å². The molecule has 1 saturated carbocycles. The fourth-order valence-corrected chi connectivity index (χ4v) is 2.01. The lowest BCUT2D eigenvalue weighted by molar-refractivity contribution is -0.183. The first-order valence-electron chi connectivity index (χ1n) is 6.37. The number of alkyl halides is 3. The smallest absolute Gasteiger partial charge is 0.307 e. The summed E-state index contributed by atoms with van der Waals surface area (Å²) in [5, 5.41) is 13.9. The van der Waals surface area contributed by atoms with E-state index in [1.807, 2.05) is 13.8 Å². The molecule has 108 valence electrons. The van der Waals surface area contributed by atoms with Crippen LogP contribution in [-0.4, -0.2) is 32.9 Å². The molecule has 1 fully saturated rings. The SMILES string of the molecule is CC(C)CNC(C)c1nnnn1C1(C(F)(F)F)CC1. The van der Waals surface area contributed by atoms with Crippen LogP contribution < -0.4 is 5.32 Å². The second-order valence-electron chi connectivity index (χ2n) is 5.50. The van der Waals surface area contributed by atoms with Crippen LogP contribution in [0.15, 0.2) is 0 Å². The van der Waals surface area contributed by atoms with Crippen LogP contribution in [0.3, 0.4) is 0 Å². The molecule has 0 radical (unpaired) electrons. The van der Waals surface area contributed by atoms with Crippen LogP contribution in [0.4, 0.5) is 13.2 Å². The van der Waals surface area contributed by atoms with E-state index in [2.05, 4.69) is 20.8 Å². The molecule has 0 aromatic carbocycles. The number of rotatable bonds is 5. The molecule has 1 heterocycles. The monoisotopic (exact) mass is 277 g/mol. The Morgan fingerprint density at radius 3 is 2.42 bits per heavy atom. The van der Waals surface area contributed by atoms with Gasteiger partial charge in [-0.2, -0.15) is 13.2 Å². The molecule has 0 amide bonds. The summed E-state index contributed by atoms with van der Waals surface area (Å²) in [5.74, 6) is 0.653. The Hall–Kier alpha value is -1.18. The van der Waals surface area contributed by atoms with E-state index in [0.717, 1.165) is 4.68 Å². The van der Waals surface area contributed by atoms with Crippen LogP contribution in [-0.2, 0) is 5.54 Å². The molecular formula is C11H18F3N5. The summed E-state index contributed by atoms with van der Waals surface area (Å²) >= 11 is 0. The molecular weight excluding hydrogens is 259 g/mol. The van der Waals surface area contributed by atoms with Gasteiger partial charge in [0.05, 0.1) is 6.04 Å². The van der Waals surface area contributed by atoms with E-state index < -0.39 is 11.7 Å². The third-order valence-corrected chi connectivity index (χ3v) is 3.37. The summed E-state index contributed by atoms with van der Waals surface area (Å²) in [6.07, 6.45) is -4.22. The van der Waals surface area contributed by atoms with Gasteiger partial charge in [-0.25, -0.2) is 4.68 Å². The van der Waals surface area contributed by atoms with Crippen LogP contribution in [0.2, 0.25) is 0 Å². The second kappa shape index (κ2) is 4.73. The van der Waals surface area contributed by atoms with Crippen molar-refractivity contribution in [1.29, 1.82) is 0 Å². The Bertz CT molecular complexity index is 436. The van der Waals surface area contributed by atoms with Crippen LogP contribution in [0, 0.1) is 5.92 Å². The van der Waals surface area contributed by atoms with Gasteiger partial charge in [-0.15, -0.1) is 5.10 Å². The number of hydrogen-bond acceptors (Lipinski definition) is 4. The van der Waals surface area contributed by atoms with Crippen molar-refractivity contribution in [3.63, 3.8) is 0 Å². The summed E-state index contributed by atoms with van der Waals surface area (Å²) < 4.78 is 40.2. The number of hydrogen-bond donors (Lipinski definition) is 1. The average molecular weight is 277 g/mol. The maximum atomic E-state index is 13.1. The number of tetrazole rings is 1. The minimum Gasteiger partial charge on any atom is -0.307 e. The van der Waals surface area contributed by atoms with E-state index in [1.165, 1.54) is 0 Å². The molecule has 0 saturated heterocycles. The molecule has 2 rings (SSSR count). The summed E-state index contributed by atoms with van der Waals surface area (Å²) in [6.45, 7) is 6.53. The van der Waals surface area contributed by atoms with E-state index in [-0.39, 0.29) is 24.7 Å². The standard InChI is InChI=1S/C11H18F3N5/c1-7(2)6-15-8(3)9-16-17-18-19(9)10(4-5-10)11(12,13)14/h7-8,15H,4-6H2,1-3H3. The van der Waals surface area contributed by atoms with Crippen LogP contribution in [0.25, 0.3) is 0 Å². The first-order chi connectivity index (χ1) is 8.78. The normalized spacial score (nSPS) is 19.7. The van der Waals surface area contributed by atoms with Crippen molar-refractivity contribution in [2.75, 3.05) is 6.54 Å². The Balaban J connectivity index is 2.19. The van der Waals surface area contributed by atoms with E-state index in [9.17, 15) is 13.2 Å². The fraction of sp³-hybridized carbons (Fsp3) is 0.909. The van der Waals surface area contributed by atoms with Gasteiger partial charge in [0.1, 0.15) is 0 Å². The van der Waals surface area contributed by atoms with Crippen molar-refractivity contribution in [2.45, 2.75) is 51.4 Å². The van der Waals surface area contributed by atoms with E-state index in [4.69, 9.17) is 0 Å². The quantitative estimate of drug-likeness (QED) is 0.894. The molecule has 0 spiro atoms. The summed E-state index contributed by atoms with van der Waals surface area (Å²) in [4.78, 5) is 0. The fourth-order valence-electron chi connectivity index (χ4n) is 2.01. The zero-order valence-electron chi connectivity index (χ0n) is 11.2. The molecule has 0 bridgehead atoms. The number of nitrogens with zero attached hydrogens (tertiary/aromatic N) is 4. The van der Waals surface area contributed by atoms with E-state index in [0.29, 0.717) is 12.5 Å². The van der Waals surface area contributed by atoms with Crippen LogP contribution in [0.5, 0.6) is 0 Å². The maximum Gasteiger partial charge on any atom is 0.413 e. The van der Waals surface area contributed by atoms with Crippen molar-refractivity contribution in [2.24, 2.45) is 5.92 Å². The Kier molecular flexibility index (Phi) is 3.55. The minimum atomic E-state index is -4.31. The van der Waals surface area contributed by atoms with E-state index >= 15 is 0 Å². The van der Waals surface area contributed by atoms with Gasteiger partial charge < -0.3 is 5.32 Å². The number of aromatic nitrogens is 4. The van der Waals surface area contributed by atoms with Crippen molar-refractivity contribution in [1.82, 2.24) is 25.5 Å². The molecule has 1 aliphatic rings. The first-order valence-corrected chi connectivity index (χ1v) is 6.37. The zero-order chi connectivity index (χ0) is 14.3. The van der Waals surface area contributed by atoms with Gasteiger partial charge in [-0.05, 0) is 42.7 Å². The highest BCUT2D eigenvalue weighted by atomic mass is 19.4. The van der Waals surface area contributed by atoms with Gasteiger partial charge in [0.25, 0.3) is 0 Å². The van der Waals surface area contributed by atoms with Gasteiger partial charge in [-0.3, -0.25) is 0 Å². The summed E-state index contributed by atoms with van der Waals surface area (Å²) in [7, 11) is 0.